The van der Waals surface area contributed by atoms with Crippen LogP contribution in [0.3, 0.4) is 0 Å². The molecule has 1 amide bonds. The predicted molar refractivity (Wildman–Crippen MR) is 77.5 cm³/mol. The molecule has 5 heteroatoms. The minimum absolute atomic E-state index is 0.00284. The number of hydrogen-bond donors (Lipinski definition) is 1. The Labute approximate surface area is 119 Å². The molecule has 106 valence electrons. The highest BCUT2D eigenvalue weighted by Gasteiger charge is 2.07. The van der Waals surface area contributed by atoms with Crippen molar-refractivity contribution in [2.24, 2.45) is 5.92 Å². The van der Waals surface area contributed by atoms with E-state index in [4.69, 9.17) is 0 Å². The molecule has 2 aromatic heterocycles. The monoisotopic (exact) mass is 272 g/mol. The second-order valence-electron chi connectivity index (χ2n) is 5.24. The average molecular weight is 272 g/mol. The van der Waals surface area contributed by atoms with Gasteiger partial charge in [-0.15, -0.1) is 0 Å². The molecule has 0 aromatic carbocycles. The molecule has 0 atom stereocenters. The van der Waals surface area contributed by atoms with E-state index in [1.165, 1.54) is 0 Å². The van der Waals surface area contributed by atoms with Gasteiger partial charge in [0.1, 0.15) is 0 Å². The lowest BCUT2D eigenvalue weighted by Crippen LogP contribution is -2.27. The normalized spacial score (nSPS) is 10.8. The molecule has 1 N–H and O–H groups in total. The molecule has 0 aliphatic carbocycles. The predicted octanol–water partition coefficient (Wildman–Crippen LogP) is 2.16. The number of hydrogen-bond acceptors (Lipinski definition) is 3. The number of amides is 1. The Bertz CT molecular complexity index is 599. The lowest BCUT2D eigenvalue weighted by atomic mass is 10.2. The maximum absolute atomic E-state index is 11.5. The molecule has 0 aliphatic rings. The fourth-order valence-electron chi connectivity index (χ4n) is 1.90. The van der Waals surface area contributed by atoms with Gasteiger partial charge in [-0.2, -0.15) is 5.10 Å². The van der Waals surface area contributed by atoms with Gasteiger partial charge in [-0.3, -0.25) is 4.79 Å². The third-order valence-electron chi connectivity index (χ3n) is 3.03. The largest absolute Gasteiger partial charge is 0.352 e. The Hall–Kier alpha value is -2.17. The molecule has 2 heterocycles. The Morgan fingerprint density at radius 1 is 1.35 bits per heavy atom. The molecule has 0 bridgehead atoms. The van der Waals surface area contributed by atoms with Gasteiger partial charge < -0.3 is 5.32 Å². The summed E-state index contributed by atoms with van der Waals surface area (Å²) in [6.07, 6.45) is 1.77. The van der Waals surface area contributed by atoms with Crippen molar-refractivity contribution in [3.05, 3.63) is 41.3 Å². The molecule has 2 rings (SSSR count). The van der Waals surface area contributed by atoms with E-state index in [2.05, 4.69) is 15.4 Å². The molecule has 20 heavy (non-hydrogen) atoms. The van der Waals surface area contributed by atoms with Gasteiger partial charge in [-0.25, -0.2) is 9.67 Å². The number of carbonyl (C=O) groups excluding carboxylic acids is 1. The van der Waals surface area contributed by atoms with Crippen molar-refractivity contribution in [1.82, 2.24) is 20.1 Å². The van der Waals surface area contributed by atoms with Crippen molar-refractivity contribution in [1.29, 1.82) is 0 Å². The van der Waals surface area contributed by atoms with Crippen LogP contribution in [-0.2, 0) is 11.3 Å². The van der Waals surface area contributed by atoms with Crippen LogP contribution in [0.4, 0.5) is 0 Å². The zero-order valence-corrected chi connectivity index (χ0v) is 12.3. The molecule has 0 saturated carbocycles. The Morgan fingerprint density at radius 3 is 2.60 bits per heavy atom. The van der Waals surface area contributed by atoms with E-state index in [0.717, 1.165) is 22.8 Å². The van der Waals surface area contributed by atoms with Gasteiger partial charge in [0.2, 0.25) is 5.91 Å². The summed E-state index contributed by atoms with van der Waals surface area (Å²) in [5.74, 6) is 0.832. The van der Waals surface area contributed by atoms with Crippen molar-refractivity contribution >= 4 is 5.91 Å². The van der Waals surface area contributed by atoms with Crippen LogP contribution in [0.1, 0.15) is 30.8 Å². The van der Waals surface area contributed by atoms with E-state index >= 15 is 0 Å². The van der Waals surface area contributed by atoms with Crippen LogP contribution in [-0.4, -0.2) is 20.7 Å². The molecule has 0 aliphatic heterocycles. The van der Waals surface area contributed by atoms with Gasteiger partial charge in [0.05, 0.1) is 5.69 Å². The molecule has 0 fully saturated rings. The first kappa shape index (κ1) is 14.2. The van der Waals surface area contributed by atoms with Crippen molar-refractivity contribution in [2.45, 2.75) is 34.2 Å². The number of carbonyl (C=O) groups is 1. The van der Waals surface area contributed by atoms with E-state index in [9.17, 15) is 4.79 Å². The highest BCUT2D eigenvalue weighted by Crippen LogP contribution is 2.10. The van der Waals surface area contributed by atoms with Crippen LogP contribution < -0.4 is 5.32 Å². The minimum Gasteiger partial charge on any atom is -0.352 e. The van der Waals surface area contributed by atoms with E-state index in [1.807, 2.05) is 50.6 Å². The second kappa shape index (κ2) is 5.86. The maximum atomic E-state index is 11.5. The van der Waals surface area contributed by atoms with Crippen molar-refractivity contribution in [3.63, 3.8) is 0 Å². The van der Waals surface area contributed by atoms with Gasteiger partial charge in [0, 0.05) is 24.4 Å². The number of nitrogens with one attached hydrogen (secondary N) is 1. The summed E-state index contributed by atoms with van der Waals surface area (Å²) in [6, 6.07) is 5.88. The van der Waals surface area contributed by atoms with Crippen molar-refractivity contribution in [2.75, 3.05) is 0 Å². The number of rotatable bonds is 4. The minimum atomic E-state index is -0.00284. The van der Waals surface area contributed by atoms with Gasteiger partial charge >= 0.3 is 0 Å². The summed E-state index contributed by atoms with van der Waals surface area (Å²) in [7, 11) is 0. The highest BCUT2D eigenvalue weighted by atomic mass is 16.1. The summed E-state index contributed by atoms with van der Waals surface area (Å²) in [6.45, 7) is 8.21. The molecule has 2 aromatic rings. The first-order valence-corrected chi connectivity index (χ1v) is 6.73. The number of aromatic nitrogens is 3. The number of aryl methyl sites for hydroxylation is 2. The molecule has 0 saturated heterocycles. The standard InChI is InChI=1S/C15H20N4O/c1-10(2)15(20)17-9-13-5-6-14(16-8-13)19-12(4)7-11(3)18-19/h5-8,10H,9H2,1-4H3,(H,17,20). The lowest BCUT2D eigenvalue weighted by molar-refractivity contribution is -0.124. The Morgan fingerprint density at radius 2 is 2.10 bits per heavy atom. The van der Waals surface area contributed by atoms with Crippen LogP contribution in [0.2, 0.25) is 0 Å². The zero-order valence-electron chi connectivity index (χ0n) is 12.3. The molecular formula is C15H20N4O. The van der Waals surface area contributed by atoms with E-state index in [-0.39, 0.29) is 11.8 Å². The van der Waals surface area contributed by atoms with Crippen molar-refractivity contribution < 1.29 is 4.79 Å². The number of pyridine rings is 1. The Balaban J connectivity index is 2.07. The van der Waals surface area contributed by atoms with Gasteiger partial charge in [-0.05, 0) is 31.5 Å². The fraction of sp³-hybridized carbons (Fsp3) is 0.400. The lowest BCUT2D eigenvalue weighted by Gasteiger charge is -2.08. The fourth-order valence-corrected chi connectivity index (χ4v) is 1.90. The first-order valence-electron chi connectivity index (χ1n) is 6.73. The van der Waals surface area contributed by atoms with E-state index < -0.39 is 0 Å². The van der Waals surface area contributed by atoms with Gasteiger partial charge in [0.15, 0.2) is 5.82 Å². The topological polar surface area (TPSA) is 59.8 Å². The van der Waals surface area contributed by atoms with Crippen LogP contribution in [0.25, 0.3) is 5.82 Å². The van der Waals surface area contributed by atoms with Gasteiger partial charge in [0.25, 0.3) is 0 Å². The zero-order chi connectivity index (χ0) is 14.7. The quantitative estimate of drug-likeness (QED) is 0.927. The summed E-state index contributed by atoms with van der Waals surface area (Å²) in [4.78, 5) is 15.9. The summed E-state index contributed by atoms with van der Waals surface area (Å²) in [5, 5.41) is 7.26. The van der Waals surface area contributed by atoms with Crippen molar-refractivity contribution in [3.8, 4) is 5.82 Å². The smallest absolute Gasteiger partial charge is 0.222 e. The number of nitrogens with zero attached hydrogens (tertiary/aromatic N) is 3. The third-order valence-corrected chi connectivity index (χ3v) is 3.03. The first-order chi connectivity index (χ1) is 9.47. The summed E-state index contributed by atoms with van der Waals surface area (Å²) >= 11 is 0. The Kier molecular flexibility index (Phi) is 4.17. The van der Waals surface area contributed by atoms with Gasteiger partial charge in [-0.1, -0.05) is 19.9 Å². The molecule has 0 spiro atoms. The van der Waals surface area contributed by atoms with E-state index in [1.54, 1.807) is 6.20 Å². The second-order valence-corrected chi connectivity index (χ2v) is 5.24. The molecule has 5 nitrogen and oxygen atoms in total. The van der Waals surface area contributed by atoms with Crippen LogP contribution in [0.15, 0.2) is 24.4 Å². The molecule has 0 unspecified atom stereocenters. The average Bonchev–Trinajstić information content (AvgIpc) is 2.75. The summed E-state index contributed by atoms with van der Waals surface area (Å²) < 4.78 is 1.81. The SMILES string of the molecule is Cc1cc(C)n(-c2ccc(CNC(=O)C(C)C)cn2)n1. The molecule has 0 radical (unpaired) electrons. The van der Waals surface area contributed by atoms with E-state index in [0.29, 0.717) is 6.54 Å². The highest BCUT2D eigenvalue weighted by molar-refractivity contribution is 5.77. The summed E-state index contributed by atoms with van der Waals surface area (Å²) in [5.41, 5.74) is 3.00. The van der Waals surface area contributed by atoms with Crippen LogP contribution >= 0.6 is 0 Å². The van der Waals surface area contributed by atoms with Crippen LogP contribution in [0, 0.1) is 19.8 Å². The molecular weight excluding hydrogens is 252 g/mol. The van der Waals surface area contributed by atoms with Crippen LogP contribution in [0.5, 0.6) is 0 Å². The third kappa shape index (κ3) is 3.23. The maximum Gasteiger partial charge on any atom is 0.222 e.